The zero-order valence-electron chi connectivity index (χ0n) is 11.3. The van der Waals surface area contributed by atoms with E-state index in [1.165, 1.54) is 0 Å². The van der Waals surface area contributed by atoms with Crippen molar-refractivity contribution in [1.29, 1.82) is 0 Å². The monoisotopic (exact) mass is 282 g/mol. The minimum Gasteiger partial charge on any atom is -0.481 e. The van der Waals surface area contributed by atoms with E-state index in [2.05, 4.69) is 15.5 Å². The first-order valence-corrected chi connectivity index (χ1v) is 6.58. The Labute approximate surface area is 116 Å². The van der Waals surface area contributed by atoms with Crippen LogP contribution in [-0.2, 0) is 9.59 Å². The molecule has 0 unspecified atom stereocenters. The van der Waals surface area contributed by atoms with E-state index >= 15 is 0 Å². The number of likely N-dealkylation sites (N-methyl/N-ethyl adjacent to an activating group) is 1. The topological polar surface area (TPSA) is 109 Å². The van der Waals surface area contributed by atoms with Crippen LogP contribution in [0.4, 0.5) is 6.01 Å². The van der Waals surface area contributed by atoms with Gasteiger partial charge in [-0.3, -0.25) is 19.8 Å². The average Bonchev–Trinajstić information content (AvgIpc) is 3.10. The van der Waals surface area contributed by atoms with Crippen molar-refractivity contribution >= 4 is 17.9 Å². The number of carboxylic acid groups (broad SMARTS) is 1. The fourth-order valence-electron chi connectivity index (χ4n) is 1.76. The molecule has 0 radical (unpaired) electrons. The highest BCUT2D eigenvalue weighted by Gasteiger charge is 2.29. The Kier molecular flexibility index (Phi) is 4.67. The average molecular weight is 282 g/mol. The van der Waals surface area contributed by atoms with Crippen molar-refractivity contribution < 1.29 is 19.1 Å². The molecule has 0 bridgehead atoms. The second-order valence-electron chi connectivity index (χ2n) is 5.00. The van der Waals surface area contributed by atoms with Gasteiger partial charge >= 0.3 is 12.0 Å². The van der Waals surface area contributed by atoms with E-state index in [1.54, 1.807) is 11.9 Å². The molecule has 1 aromatic heterocycles. The Balaban J connectivity index is 1.69. The molecular formula is C12H18N4O4. The van der Waals surface area contributed by atoms with Crippen LogP contribution in [0.3, 0.4) is 0 Å². The molecule has 0 saturated heterocycles. The van der Waals surface area contributed by atoms with Gasteiger partial charge in [0, 0.05) is 12.3 Å². The maximum Gasteiger partial charge on any atom is 0.322 e. The SMILES string of the molecule is CN(CCCC(=O)O)CC(=O)Nc1nnc(C2CC2)o1. The minimum atomic E-state index is -0.832. The van der Waals surface area contributed by atoms with Crippen LogP contribution >= 0.6 is 0 Å². The first kappa shape index (κ1) is 14.4. The number of aliphatic carboxylic acids is 1. The van der Waals surface area contributed by atoms with Gasteiger partial charge in [-0.05, 0) is 32.9 Å². The molecule has 0 spiro atoms. The molecule has 1 amide bonds. The van der Waals surface area contributed by atoms with E-state index in [0.717, 1.165) is 12.8 Å². The summed E-state index contributed by atoms with van der Waals surface area (Å²) in [6.07, 6.45) is 2.72. The molecule has 1 aromatic rings. The molecule has 1 saturated carbocycles. The number of nitrogens with zero attached hydrogens (tertiary/aromatic N) is 3. The predicted molar refractivity (Wildman–Crippen MR) is 69.3 cm³/mol. The summed E-state index contributed by atoms with van der Waals surface area (Å²) in [5.41, 5.74) is 0. The van der Waals surface area contributed by atoms with E-state index < -0.39 is 5.97 Å². The molecule has 1 fully saturated rings. The van der Waals surface area contributed by atoms with Crippen LogP contribution in [0.15, 0.2) is 4.42 Å². The Morgan fingerprint density at radius 3 is 2.85 bits per heavy atom. The van der Waals surface area contributed by atoms with Crippen molar-refractivity contribution in [3.8, 4) is 0 Å². The van der Waals surface area contributed by atoms with Gasteiger partial charge in [0.1, 0.15) is 0 Å². The lowest BCUT2D eigenvalue weighted by atomic mass is 10.3. The highest BCUT2D eigenvalue weighted by atomic mass is 16.4. The minimum absolute atomic E-state index is 0.0976. The Hall–Kier alpha value is -1.96. The van der Waals surface area contributed by atoms with Gasteiger partial charge in [0.05, 0.1) is 6.54 Å². The molecule has 20 heavy (non-hydrogen) atoms. The summed E-state index contributed by atoms with van der Waals surface area (Å²) in [6.45, 7) is 0.692. The molecule has 1 aliphatic carbocycles. The lowest BCUT2D eigenvalue weighted by Gasteiger charge is -2.14. The summed E-state index contributed by atoms with van der Waals surface area (Å²) >= 11 is 0. The third kappa shape index (κ3) is 4.61. The number of carbonyl (C=O) groups excluding carboxylic acids is 1. The summed E-state index contributed by atoms with van der Waals surface area (Å²) in [5.74, 6) is -0.155. The van der Waals surface area contributed by atoms with Crippen LogP contribution < -0.4 is 5.32 Å². The molecule has 1 aliphatic rings. The van der Waals surface area contributed by atoms with Gasteiger partial charge < -0.3 is 9.52 Å². The summed E-state index contributed by atoms with van der Waals surface area (Å²) < 4.78 is 5.32. The van der Waals surface area contributed by atoms with Crippen molar-refractivity contribution in [1.82, 2.24) is 15.1 Å². The zero-order valence-corrected chi connectivity index (χ0v) is 11.3. The van der Waals surface area contributed by atoms with E-state index in [-0.39, 0.29) is 24.9 Å². The first-order chi connectivity index (χ1) is 9.54. The number of carboxylic acids is 1. The smallest absolute Gasteiger partial charge is 0.322 e. The fraction of sp³-hybridized carbons (Fsp3) is 0.667. The van der Waals surface area contributed by atoms with Gasteiger partial charge in [0.25, 0.3) is 0 Å². The van der Waals surface area contributed by atoms with Gasteiger partial charge in [0.15, 0.2) is 0 Å². The van der Waals surface area contributed by atoms with Crippen molar-refractivity contribution in [3.63, 3.8) is 0 Å². The number of anilines is 1. The molecule has 110 valence electrons. The number of amides is 1. The van der Waals surface area contributed by atoms with Gasteiger partial charge in [-0.2, -0.15) is 0 Å². The van der Waals surface area contributed by atoms with Crippen LogP contribution in [0.25, 0.3) is 0 Å². The largest absolute Gasteiger partial charge is 0.481 e. The van der Waals surface area contributed by atoms with Crippen LogP contribution in [-0.4, -0.2) is 52.2 Å². The van der Waals surface area contributed by atoms with Gasteiger partial charge in [-0.25, -0.2) is 0 Å². The van der Waals surface area contributed by atoms with E-state index in [0.29, 0.717) is 24.8 Å². The Morgan fingerprint density at radius 2 is 2.20 bits per heavy atom. The summed E-state index contributed by atoms with van der Waals surface area (Å²) in [7, 11) is 1.75. The van der Waals surface area contributed by atoms with Gasteiger partial charge in [-0.15, -0.1) is 5.10 Å². The third-order valence-corrected chi connectivity index (χ3v) is 2.96. The van der Waals surface area contributed by atoms with Crippen molar-refractivity contribution in [2.75, 3.05) is 25.5 Å². The number of hydrogen-bond donors (Lipinski definition) is 2. The maximum atomic E-state index is 11.7. The third-order valence-electron chi connectivity index (χ3n) is 2.96. The van der Waals surface area contributed by atoms with Crippen LogP contribution in [0, 0.1) is 0 Å². The van der Waals surface area contributed by atoms with Gasteiger partial charge in [0.2, 0.25) is 11.8 Å². The predicted octanol–water partition coefficient (Wildman–Crippen LogP) is 0.682. The van der Waals surface area contributed by atoms with Crippen molar-refractivity contribution in [2.24, 2.45) is 0 Å². The van der Waals surface area contributed by atoms with Crippen LogP contribution in [0.5, 0.6) is 0 Å². The second-order valence-corrected chi connectivity index (χ2v) is 5.00. The quantitative estimate of drug-likeness (QED) is 0.721. The second kappa shape index (κ2) is 6.47. The molecule has 8 heteroatoms. The first-order valence-electron chi connectivity index (χ1n) is 6.58. The van der Waals surface area contributed by atoms with E-state index in [1.807, 2.05) is 0 Å². The molecule has 0 aliphatic heterocycles. The summed E-state index contributed by atoms with van der Waals surface area (Å²) in [4.78, 5) is 23.8. The van der Waals surface area contributed by atoms with Gasteiger partial charge in [-0.1, -0.05) is 5.10 Å². The number of nitrogens with one attached hydrogen (secondary N) is 1. The fourth-order valence-corrected chi connectivity index (χ4v) is 1.76. The number of hydrogen-bond acceptors (Lipinski definition) is 6. The molecular weight excluding hydrogens is 264 g/mol. The standard InChI is InChI=1S/C12H18N4O4/c1-16(6-2-3-10(18)19)7-9(17)13-12-15-14-11(20-12)8-4-5-8/h8H,2-7H2,1H3,(H,18,19)(H,13,15,17). The summed E-state index contributed by atoms with van der Waals surface area (Å²) in [6, 6.07) is 0.121. The lowest BCUT2D eigenvalue weighted by Crippen LogP contribution is -2.31. The molecule has 8 nitrogen and oxygen atoms in total. The Morgan fingerprint density at radius 1 is 1.45 bits per heavy atom. The summed E-state index contributed by atoms with van der Waals surface area (Å²) in [5, 5.41) is 18.7. The number of rotatable bonds is 8. The number of aromatic nitrogens is 2. The van der Waals surface area contributed by atoms with Crippen LogP contribution in [0.1, 0.15) is 37.5 Å². The highest BCUT2D eigenvalue weighted by Crippen LogP contribution is 2.39. The molecule has 0 atom stereocenters. The Bertz CT molecular complexity index is 484. The molecule has 1 heterocycles. The normalized spacial score (nSPS) is 14.5. The molecule has 2 rings (SSSR count). The molecule has 0 aromatic carbocycles. The highest BCUT2D eigenvalue weighted by molar-refractivity contribution is 5.90. The zero-order chi connectivity index (χ0) is 14.5. The van der Waals surface area contributed by atoms with Crippen molar-refractivity contribution in [3.05, 3.63) is 5.89 Å². The van der Waals surface area contributed by atoms with E-state index in [4.69, 9.17) is 9.52 Å². The molecule has 2 N–H and O–H groups in total. The lowest BCUT2D eigenvalue weighted by molar-refractivity contribution is -0.137. The van der Waals surface area contributed by atoms with Crippen LogP contribution in [0.2, 0.25) is 0 Å². The van der Waals surface area contributed by atoms with E-state index in [9.17, 15) is 9.59 Å². The number of carbonyl (C=O) groups is 2. The van der Waals surface area contributed by atoms with Crippen molar-refractivity contribution in [2.45, 2.75) is 31.6 Å². The maximum absolute atomic E-state index is 11.7.